The normalized spacial score (nSPS) is 9.69. The van der Waals surface area contributed by atoms with Gasteiger partial charge in [0, 0.05) is 6.07 Å². The standard InChI is InChI=1S/C12H8N2O2/c13-7-9-6-10(15)12(16)14-11(9)8-4-2-1-3-5-8/h1-6,15H,(H,14,16). The Labute approximate surface area is 91.4 Å². The van der Waals surface area contributed by atoms with Crippen LogP contribution in [0.2, 0.25) is 0 Å². The van der Waals surface area contributed by atoms with Crippen LogP contribution in [0.25, 0.3) is 11.3 Å². The molecule has 78 valence electrons. The fraction of sp³-hybridized carbons (Fsp3) is 0. The van der Waals surface area contributed by atoms with Crippen LogP contribution in [0.3, 0.4) is 0 Å². The highest BCUT2D eigenvalue weighted by molar-refractivity contribution is 5.66. The molecule has 0 spiro atoms. The average Bonchev–Trinajstić information content (AvgIpc) is 2.33. The Hall–Kier alpha value is -2.54. The van der Waals surface area contributed by atoms with Crippen LogP contribution in [0.15, 0.2) is 41.2 Å². The molecule has 4 nitrogen and oxygen atoms in total. The van der Waals surface area contributed by atoms with Crippen LogP contribution < -0.4 is 5.56 Å². The molecule has 2 N–H and O–H groups in total. The van der Waals surface area contributed by atoms with E-state index in [9.17, 15) is 9.90 Å². The van der Waals surface area contributed by atoms with Crippen LogP contribution in [0.5, 0.6) is 5.75 Å². The van der Waals surface area contributed by atoms with Gasteiger partial charge in [0.2, 0.25) is 0 Å². The first-order valence-electron chi connectivity index (χ1n) is 4.64. The maximum atomic E-state index is 11.3. The molecule has 4 heteroatoms. The van der Waals surface area contributed by atoms with E-state index in [4.69, 9.17) is 5.26 Å². The number of nitrogens with zero attached hydrogens (tertiary/aromatic N) is 1. The number of nitrogens with one attached hydrogen (secondary N) is 1. The maximum absolute atomic E-state index is 11.3. The van der Waals surface area contributed by atoms with Crippen LogP contribution in [0.4, 0.5) is 0 Å². The molecule has 0 saturated heterocycles. The summed E-state index contributed by atoms with van der Waals surface area (Å²) in [4.78, 5) is 13.7. The summed E-state index contributed by atoms with van der Waals surface area (Å²) in [5.74, 6) is -0.448. The van der Waals surface area contributed by atoms with Gasteiger partial charge in [-0.1, -0.05) is 30.3 Å². The Balaban J connectivity index is 2.71. The molecule has 0 fully saturated rings. The zero-order valence-electron chi connectivity index (χ0n) is 8.27. The number of H-pyrrole nitrogens is 1. The van der Waals surface area contributed by atoms with Gasteiger partial charge in [0.05, 0.1) is 11.3 Å². The minimum atomic E-state index is -0.599. The highest BCUT2D eigenvalue weighted by Crippen LogP contribution is 2.20. The second kappa shape index (κ2) is 3.91. The smallest absolute Gasteiger partial charge is 0.290 e. The molecule has 0 aliphatic rings. The van der Waals surface area contributed by atoms with Crippen LogP contribution in [-0.4, -0.2) is 10.1 Å². The number of hydrogen-bond donors (Lipinski definition) is 2. The van der Waals surface area contributed by atoms with Gasteiger partial charge in [0.25, 0.3) is 5.56 Å². The number of pyridine rings is 1. The highest BCUT2D eigenvalue weighted by Gasteiger charge is 2.08. The molecule has 1 aromatic heterocycles. The van der Waals surface area contributed by atoms with E-state index in [-0.39, 0.29) is 5.56 Å². The lowest BCUT2D eigenvalue weighted by molar-refractivity contribution is 0.466. The molecule has 0 atom stereocenters. The first-order valence-corrected chi connectivity index (χ1v) is 4.64. The molecule has 0 amide bonds. The summed E-state index contributed by atoms with van der Waals surface area (Å²) in [6, 6.07) is 12.1. The molecular formula is C12H8N2O2. The average molecular weight is 212 g/mol. The summed E-state index contributed by atoms with van der Waals surface area (Å²) in [6.07, 6.45) is 0. The van der Waals surface area contributed by atoms with Crippen molar-refractivity contribution in [2.45, 2.75) is 0 Å². The van der Waals surface area contributed by atoms with Crippen molar-refractivity contribution >= 4 is 0 Å². The molecule has 0 unspecified atom stereocenters. The van der Waals surface area contributed by atoms with Crippen molar-refractivity contribution in [3.63, 3.8) is 0 Å². The van der Waals surface area contributed by atoms with E-state index in [0.29, 0.717) is 5.69 Å². The number of aromatic hydroxyl groups is 1. The van der Waals surface area contributed by atoms with Gasteiger partial charge >= 0.3 is 0 Å². The van der Waals surface area contributed by atoms with E-state index in [2.05, 4.69) is 4.98 Å². The van der Waals surface area contributed by atoms with Crippen molar-refractivity contribution in [1.82, 2.24) is 4.98 Å². The fourth-order valence-corrected chi connectivity index (χ4v) is 1.44. The number of aromatic amines is 1. The molecule has 0 bridgehead atoms. The van der Waals surface area contributed by atoms with Gasteiger partial charge in [-0.3, -0.25) is 4.79 Å². The van der Waals surface area contributed by atoms with E-state index in [1.807, 2.05) is 24.3 Å². The first-order chi connectivity index (χ1) is 7.72. The van der Waals surface area contributed by atoms with E-state index in [0.717, 1.165) is 5.56 Å². The lowest BCUT2D eigenvalue weighted by atomic mass is 10.1. The van der Waals surface area contributed by atoms with Crippen LogP contribution in [-0.2, 0) is 0 Å². The van der Waals surface area contributed by atoms with Gasteiger partial charge in [-0.05, 0) is 5.56 Å². The summed E-state index contributed by atoms with van der Waals surface area (Å²) in [5, 5.41) is 18.1. The van der Waals surface area contributed by atoms with Gasteiger partial charge in [-0.2, -0.15) is 5.26 Å². The molecule has 1 aromatic carbocycles. The summed E-state index contributed by atoms with van der Waals surface area (Å²) < 4.78 is 0. The summed E-state index contributed by atoms with van der Waals surface area (Å²) in [7, 11) is 0. The number of benzene rings is 1. The largest absolute Gasteiger partial charge is 0.503 e. The van der Waals surface area contributed by atoms with E-state index < -0.39 is 11.3 Å². The predicted molar refractivity (Wildman–Crippen MR) is 58.9 cm³/mol. The number of aromatic nitrogens is 1. The minimum absolute atomic E-state index is 0.239. The summed E-state index contributed by atoms with van der Waals surface area (Å²) >= 11 is 0. The Bertz CT molecular complexity index is 609. The third-order valence-corrected chi connectivity index (χ3v) is 2.20. The van der Waals surface area contributed by atoms with Crippen molar-refractivity contribution in [2.75, 3.05) is 0 Å². The highest BCUT2D eigenvalue weighted by atomic mass is 16.3. The SMILES string of the molecule is N#Cc1cc(O)c(=O)[nH]c1-c1ccccc1. The zero-order valence-corrected chi connectivity index (χ0v) is 8.27. The first kappa shape index (κ1) is 9.99. The van der Waals surface area contributed by atoms with Gasteiger partial charge in [-0.15, -0.1) is 0 Å². The molecule has 0 saturated carbocycles. The van der Waals surface area contributed by atoms with Crippen LogP contribution in [0, 0.1) is 11.3 Å². The Morgan fingerprint density at radius 3 is 2.56 bits per heavy atom. The lowest BCUT2D eigenvalue weighted by Gasteiger charge is -2.03. The van der Waals surface area contributed by atoms with Crippen molar-refractivity contribution < 1.29 is 5.11 Å². The zero-order chi connectivity index (χ0) is 11.5. The third-order valence-electron chi connectivity index (χ3n) is 2.20. The fourth-order valence-electron chi connectivity index (χ4n) is 1.44. The molecular weight excluding hydrogens is 204 g/mol. The van der Waals surface area contributed by atoms with Crippen LogP contribution in [0.1, 0.15) is 5.56 Å². The maximum Gasteiger partial charge on any atom is 0.290 e. The number of hydrogen-bond acceptors (Lipinski definition) is 3. The predicted octanol–water partition coefficient (Wildman–Crippen LogP) is 1.62. The van der Waals surface area contributed by atoms with Gasteiger partial charge < -0.3 is 10.1 Å². The molecule has 0 aliphatic carbocycles. The van der Waals surface area contributed by atoms with Crippen molar-refractivity contribution in [2.24, 2.45) is 0 Å². The molecule has 0 radical (unpaired) electrons. The van der Waals surface area contributed by atoms with E-state index >= 15 is 0 Å². The van der Waals surface area contributed by atoms with Gasteiger partial charge in [0.1, 0.15) is 6.07 Å². The van der Waals surface area contributed by atoms with Crippen LogP contribution >= 0.6 is 0 Å². The Morgan fingerprint density at radius 1 is 1.25 bits per heavy atom. The second-order valence-electron chi connectivity index (χ2n) is 3.25. The number of rotatable bonds is 1. The topological polar surface area (TPSA) is 76.9 Å². The molecule has 2 rings (SSSR count). The molecule has 2 aromatic rings. The van der Waals surface area contributed by atoms with Gasteiger partial charge in [0.15, 0.2) is 5.75 Å². The van der Waals surface area contributed by atoms with Crippen molar-refractivity contribution in [3.05, 3.63) is 52.3 Å². The van der Waals surface area contributed by atoms with E-state index in [1.54, 1.807) is 12.1 Å². The number of nitriles is 1. The summed E-state index contributed by atoms with van der Waals surface area (Å²) in [6.45, 7) is 0. The molecule has 0 aliphatic heterocycles. The Morgan fingerprint density at radius 2 is 1.94 bits per heavy atom. The summed E-state index contributed by atoms with van der Waals surface area (Å²) in [5.41, 5.74) is 0.795. The van der Waals surface area contributed by atoms with E-state index in [1.165, 1.54) is 6.07 Å². The lowest BCUT2D eigenvalue weighted by Crippen LogP contribution is -2.07. The third kappa shape index (κ3) is 1.66. The van der Waals surface area contributed by atoms with Gasteiger partial charge in [-0.25, -0.2) is 0 Å². The van der Waals surface area contributed by atoms with Crippen molar-refractivity contribution in [3.8, 4) is 23.1 Å². The monoisotopic (exact) mass is 212 g/mol. The Kier molecular flexibility index (Phi) is 2.44. The van der Waals surface area contributed by atoms with Crippen molar-refractivity contribution in [1.29, 1.82) is 5.26 Å². The molecule has 16 heavy (non-hydrogen) atoms. The second-order valence-corrected chi connectivity index (χ2v) is 3.25. The molecule has 1 heterocycles. The minimum Gasteiger partial charge on any atom is -0.503 e. The quantitative estimate of drug-likeness (QED) is 0.754.